The topological polar surface area (TPSA) is 35.5 Å². The molecule has 5 heteroatoms. The van der Waals surface area contributed by atoms with E-state index in [0.717, 1.165) is 6.42 Å². The molecule has 3 nitrogen and oxygen atoms in total. The van der Waals surface area contributed by atoms with Crippen molar-refractivity contribution in [2.45, 2.75) is 58.4 Å². The quantitative estimate of drug-likeness (QED) is 0.369. The Balaban J connectivity index is 3.67. The van der Waals surface area contributed by atoms with Crippen molar-refractivity contribution in [1.29, 1.82) is 0 Å². The van der Waals surface area contributed by atoms with Gasteiger partial charge in [0.25, 0.3) is 0 Å². The first-order valence-corrected chi connectivity index (χ1v) is 12.5. The summed E-state index contributed by atoms with van der Waals surface area (Å²) in [5.41, 5.74) is 3.92. The molecule has 112 valence electrons. The molecule has 0 amide bonds. The molecule has 0 radical (unpaired) electrons. The van der Waals surface area contributed by atoms with E-state index in [2.05, 4.69) is 32.6 Å². The Morgan fingerprint density at radius 3 is 2.47 bits per heavy atom. The number of carbonyl (C=O) groups excluding carboxylic acids is 1. The minimum Gasteiger partial charge on any atom is -0.435 e. The number of rotatable bonds is 9. The average molecular weight is 303 g/mol. The number of hydrogen-bond donors (Lipinski definition) is 0. The van der Waals surface area contributed by atoms with Gasteiger partial charge in [0.1, 0.15) is 0 Å². The second kappa shape index (κ2) is 10.3. The lowest BCUT2D eigenvalue weighted by molar-refractivity contribution is 0.0591. The summed E-state index contributed by atoms with van der Waals surface area (Å²) in [6, 6.07) is 4.06. The third-order valence-electron chi connectivity index (χ3n) is 3.09. The molecule has 0 aromatic rings. The van der Waals surface area contributed by atoms with Crippen LogP contribution in [0.25, 0.3) is 0 Å². The molecule has 0 aromatic carbocycles. The first-order valence-electron chi connectivity index (χ1n) is 7.30. The summed E-state index contributed by atoms with van der Waals surface area (Å²) in [5.74, 6) is 0. The summed E-state index contributed by atoms with van der Waals surface area (Å²) in [6.45, 7) is 11.9. The van der Waals surface area contributed by atoms with Gasteiger partial charge in [-0.25, -0.2) is 4.79 Å². The first-order chi connectivity index (χ1) is 8.87. The molecule has 0 spiro atoms. The van der Waals surface area contributed by atoms with Crippen LogP contribution < -0.4 is 0 Å². The zero-order chi connectivity index (χ0) is 14.7. The molecule has 0 saturated carbocycles. The maximum absolute atomic E-state index is 11.0. The van der Waals surface area contributed by atoms with Crippen LogP contribution in [-0.2, 0) is 9.47 Å². The molecule has 19 heavy (non-hydrogen) atoms. The summed E-state index contributed by atoms with van der Waals surface area (Å²) >= 11 is 0. The van der Waals surface area contributed by atoms with Crippen LogP contribution in [0.1, 0.15) is 27.2 Å². The Morgan fingerprint density at radius 2 is 1.89 bits per heavy atom. The predicted molar refractivity (Wildman–Crippen MR) is 87.5 cm³/mol. The van der Waals surface area contributed by atoms with E-state index in [4.69, 9.17) is 9.47 Å². The van der Waals surface area contributed by atoms with Crippen molar-refractivity contribution in [2.75, 3.05) is 13.2 Å². The molecule has 0 N–H and O–H groups in total. The Hall–Kier alpha value is -0.556. The molecule has 0 saturated heterocycles. The fourth-order valence-electron chi connectivity index (χ4n) is 1.96. The van der Waals surface area contributed by atoms with Gasteiger partial charge in [0.05, 0.1) is 13.2 Å². The number of hydrogen-bond acceptors (Lipinski definition) is 3. The van der Waals surface area contributed by atoms with Crippen molar-refractivity contribution in [3.05, 3.63) is 11.3 Å². The summed E-state index contributed by atoms with van der Waals surface area (Å²) in [6.07, 6.45) is 0.445. The fraction of sp³-hybridized carbons (Fsp3) is 0.786. The highest BCUT2D eigenvalue weighted by molar-refractivity contribution is 6.78. The van der Waals surface area contributed by atoms with E-state index in [9.17, 15) is 4.79 Å². The smallest absolute Gasteiger partial charge is 0.435 e. The molecule has 0 aliphatic heterocycles. The molecule has 0 atom stereocenters. The van der Waals surface area contributed by atoms with Crippen LogP contribution >= 0.6 is 0 Å². The minimum atomic E-state index is -1.09. The summed E-state index contributed by atoms with van der Waals surface area (Å²) in [7, 11) is -1.09. The molecule has 0 rings (SSSR count). The highest BCUT2D eigenvalue weighted by atomic mass is 28.3. The predicted octanol–water partition coefficient (Wildman–Crippen LogP) is 3.77. The zero-order valence-electron chi connectivity index (χ0n) is 13.3. The van der Waals surface area contributed by atoms with Crippen LogP contribution in [0.2, 0.25) is 31.2 Å². The second-order valence-electron chi connectivity index (χ2n) is 5.97. The van der Waals surface area contributed by atoms with Crippen LogP contribution in [0.4, 0.5) is 4.79 Å². The van der Waals surface area contributed by atoms with Crippen molar-refractivity contribution >= 4 is 23.7 Å². The van der Waals surface area contributed by atoms with Crippen molar-refractivity contribution in [3.63, 3.8) is 0 Å². The van der Waals surface area contributed by atoms with Crippen molar-refractivity contribution in [3.8, 4) is 0 Å². The third-order valence-corrected chi connectivity index (χ3v) is 9.08. The number of ether oxygens (including phenoxy) is 2. The van der Waals surface area contributed by atoms with E-state index in [-0.39, 0.29) is 9.52 Å². The van der Waals surface area contributed by atoms with Crippen LogP contribution in [0, 0.1) is 0 Å². The highest BCUT2D eigenvalue weighted by Gasteiger charge is 2.19. The number of carbonyl (C=O) groups is 1. The monoisotopic (exact) mass is 302 g/mol. The van der Waals surface area contributed by atoms with Gasteiger partial charge in [0, 0.05) is 17.6 Å². The lowest BCUT2D eigenvalue weighted by atomic mass is 10.4. The van der Waals surface area contributed by atoms with E-state index >= 15 is 0 Å². The largest absolute Gasteiger partial charge is 0.508 e. The first kappa shape index (κ1) is 18.4. The van der Waals surface area contributed by atoms with E-state index in [1.807, 2.05) is 0 Å². The molecular formula is C14H30O3Si2. The number of allylic oxidation sites excluding steroid dienone is 1. The van der Waals surface area contributed by atoms with Gasteiger partial charge >= 0.3 is 6.16 Å². The van der Waals surface area contributed by atoms with Gasteiger partial charge in [-0.1, -0.05) is 36.8 Å². The van der Waals surface area contributed by atoms with E-state index in [0.29, 0.717) is 13.2 Å². The Kier molecular flexibility index (Phi) is 9.96. The lowest BCUT2D eigenvalue weighted by Crippen LogP contribution is -2.25. The summed E-state index contributed by atoms with van der Waals surface area (Å²) < 4.78 is 9.72. The maximum Gasteiger partial charge on any atom is 0.508 e. The highest BCUT2D eigenvalue weighted by Crippen LogP contribution is 2.19. The third kappa shape index (κ3) is 12.2. The summed E-state index contributed by atoms with van der Waals surface area (Å²) in [4.78, 5) is 11.0. The Labute approximate surface area is 121 Å². The molecule has 0 aromatic heterocycles. The molecule has 0 bridgehead atoms. The summed E-state index contributed by atoms with van der Waals surface area (Å²) in [5, 5.41) is 0. The van der Waals surface area contributed by atoms with Crippen molar-refractivity contribution < 1.29 is 14.3 Å². The molecule has 0 aliphatic rings. The molecule has 0 unspecified atom stereocenters. The Morgan fingerprint density at radius 1 is 1.21 bits per heavy atom. The molecule has 0 heterocycles. The van der Waals surface area contributed by atoms with Crippen molar-refractivity contribution in [1.82, 2.24) is 0 Å². The van der Waals surface area contributed by atoms with Crippen LogP contribution in [0.5, 0.6) is 0 Å². The van der Waals surface area contributed by atoms with Crippen LogP contribution in [-0.4, -0.2) is 37.0 Å². The van der Waals surface area contributed by atoms with E-state index in [1.165, 1.54) is 23.7 Å². The standard InChI is InChI=1S/C14H30O3Si2/c1-6-16-14(15)17-8-7-10-19(4,5)11-9-18-12-13(2)3/h12H,6-11,18H2,1-5H3. The molecule has 0 aliphatic carbocycles. The van der Waals surface area contributed by atoms with Gasteiger partial charge in [0.15, 0.2) is 0 Å². The normalized spacial score (nSPS) is 11.6. The fourth-order valence-corrected chi connectivity index (χ4v) is 8.74. The van der Waals surface area contributed by atoms with Crippen molar-refractivity contribution in [2.24, 2.45) is 0 Å². The van der Waals surface area contributed by atoms with Gasteiger partial charge in [-0.15, -0.1) is 5.70 Å². The van der Waals surface area contributed by atoms with Gasteiger partial charge in [0.2, 0.25) is 0 Å². The second-order valence-corrected chi connectivity index (χ2v) is 13.0. The molecule has 0 fully saturated rings. The average Bonchev–Trinajstić information content (AvgIpc) is 2.31. The SMILES string of the molecule is CCOC(=O)OCCC[Si](C)(C)CC[SiH2]C=C(C)C. The van der Waals surface area contributed by atoms with Gasteiger partial charge in [-0.05, 0) is 27.2 Å². The minimum absolute atomic E-state index is 0.00306. The molecular weight excluding hydrogens is 272 g/mol. The van der Waals surface area contributed by atoms with E-state index in [1.54, 1.807) is 6.92 Å². The van der Waals surface area contributed by atoms with Crippen LogP contribution in [0.15, 0.2) is 11.3 Å². The van der Waals surface area contributed by atoms with Crippen LogP contribution in [0.3, 0.4) is 0 Å². The Bertz CT molecular complexity index is 284. The van der Waals surface area contributed by atoms with E-state index < -0.39 is 14.2 Å². The van der Waals surface area contributed by atoms with Gasteiger partial charge < -0.3 is 9.47 Å². The zero-order valence-corrected chi connectivity index (χ0v) is 15.7. The lowest BCUT2D eigenvalue weighted by Gasteiger charge is -2.21. The van der Waals surface area contributed by atoms with Gasteiger partial charge in [-0.2, -0.15) is 0 Å². The van der Waals surface area contributed by atoms with Gasteiger partial charge in [-0.3, -0.25) is 0 Å². The maximum atomic E-state index is 11.0.